The van der Waals surface area contributed by atoms with Crippen LogP contribution in [0.15, 0.2) is 12.1 Å². The van der Waals surface area contributed by atoms with E-state index in [0.717, 1.165) is 0 Å². The molecule has 0 aromatic heterocycles. The van der Waals surface area contributed by atoms with Gasteiger partial charge in [0.15, 0.2) is 0 Å². The molecule has 0 heterocycles. The minimum atomic E-state index is -0.720. The van der Waals surface area contributed by atoms with Crippen LogP contribution in [-0.2, 0) is 4.74 Å². The molecule has 0 unspecified atom stereocenters. The molecule has 0 radical (unpaired) electrons. The molecule has 0 saturated carbocycles. The molecule has 1 rings (SSSR count). The Labute approximate surface area is 81.8 Å². The second kappa shape index (κ2) is 4.00. The quantitative estimate of drug-likeness (QED) is 0.705. The van der Waals surface area contributed by atoms with E-state index in [2.05, 4.69) is 4.74 Å². The highest BCUT2D eigenvalue weighted by molar-refractivity contribution is 5.95. The van der Waals surface area contributed by atoms with Crippen LogP contribution in [0.2, 0.25) is 0 Å². The van der Waals surface area contributed by atoms with Crippen molar-refractivity contribution in [2.45, 2.75) is 13.8 Å². The zero-order chi connectivity index (χ0) is 10.7. The second-order valence-corrected chi connectivity index (χ2v) is 2.90. The van der Waals surface area contributed by atoms with E-state index in [9.17, 15) is 15.0 Å². The van der Waals surface area contributed by atoms with E-state index in [0.29, 0.717) is 5.56 Å². The first-order valence-corrected chi connectivity index (χ1v) is 4.26. The molecule has 0 aliphatic heterocycles. The van der Waals surface area contributed by atoms with Gasteiger partial charge in [-0.15, -0.1) is 0 Å². The molecule has 0 amide bonds. The van der Waals surface area contributed by atoms with E-state index in [4.69, 9.17) is 0 Å². The molecular weight excluding hydrogens is 184 g/mol. The van der Waals surface area contributed by atoms with Crippen molar-refractivity contribution in [2.24, 2.45) is 0 Å². The molecular formula is C10H12O4. The standard InChI is InChI=1S/C10H12O4/c1-3-14-10(13)9-7(11)4-6(2)5-8(9)12/h4-5,11-12H,3H2,1-2H3. The fraction of sp³-hybridized carbons (Fsp3) is 0.300. The highest BCUT2D eigenvalue weighted by Crippen LogP contribution is 2.28. The molecule has 0 saturated heterocycles. The number of hydrogen-bond donors (Lipinski definition) is 2. The average Bonchev–Trinajstić information content (AvgIpc) is 2.01. The molecule has 0 aliphatic carbocycles. The number of aryl methyl sites for hydroxylation is 1. The fourth-order valence-corrected chi connectivity index (χ4v) is 1.16. The summed E-state index contributed by atoms with van der Waals surface area (Å²) in [5.41, 5.74) is 0.491. The van der Waals surface area contributed by atoms with Gasteiger partial charge in [0.05, 0.1) is 6.61 Å². The van der Waals surface area contributed by atoms with Crippen molar-refractivity contribution in [3.05, 3.63) is 23.3 Å². The van der Waals surface area contributed by atoms with Gasteiger partial charge < -0.3 is 14.9 Å². The first kappa shape index (κ1) is 10.4. The fourth-order valence-electron chi connectivity index (χ4n) is 1.16. The molecule has 0 bridgehead atoms. The summed E-state index contributed by atoms with van der Waals surface area (Å²) >= 11 is 0. The zero-order valence-electron chi connectivity index (χ0n) is 8.07. The highest BCUT2D eigenvalue weighted by Gasteiger charge is 2.17. The van der Waals surface area contributed by atoms with E-state index in [1.807, 2.05) is 0 Å². The van der Waals surface area contributed by atoms with Gasteiger partial charge in [-0.05, 0) is 31.5 Å². The Balaban J connectivity index is 3.14. The molecule has 1 aromatic rings. The smallest absolute Gasteiger partial charge is 0.345 e. The van der Waals surface area contributed by atoms with Gasteiger partial charge in [-0.25, -0.2) is 4.79 Å². The van der Waals surface area contributed by atoms with Crippen molar-refractivity contribution in [2.75, 3.05) is 6.61 Å². The zero-order valence-corrected chi connectivity index (χ0v) is 8.07. The molecule has 76 valence electrons. The Hall–Kier alpha value is -1.71. The van der Waals surface area contributed by atoms with Crippen LogP contribution in [0.3, 0.4) is 0 Å². The van der Waals surface area contributed by atoms with Crippen LogP contribution < -0.4 is 0 Å². The lowest BCUT2D eigenvalue weighted by molar-refractivity contribution is 0.0519. The van der Waals surface area contributed by atoms with Gasteiger partial charge in [-0.1, -0.05) is 0 Å². The van der Waals surface area contributed by atoms with E-state index in [1.54, 1.807) is 13.8 Å². The van der Waals surface area contributed by atoms with Gasteiger partial charge >= 0.3 is 5.97 Å². The van der Waals surface area contributed by atoms with E-state index in [1.165, 1.54) is 12.1 Å². The summed E-state index contributed by atoms with van der Waals surface area (Å²) in [6.07, 6.45) is 0. The predicted molar refractivity (Wildman–Crippen MR) is 50.5 cm³/mol. The summed E-state index contributed by atoms with van der Waals surface area (Å²) < 4.78 is 4.67. The monoisotopic (exact) mass is 196 g/mol. The first-order valence-electron chi connectivity index (χ1n) is 4.26. The number of rotatable bonds is 2. The predicted octanol–water partition coefficient (Wildman–Crippen LogP) is 1.58. The lowest BCUT2D eigenvalue weighted by Gasteiger charge is -2.07. The number of hydrogen-bond acceptors (Lipinski definition) is 4. The van der Waals surface area contributed by atoms with Gasteiger partial charge in [0.25, 0.3) is 0 Å². The van der Waals surface area contributed by atoms with E-state index in [-0.39, 0.29) is 23.7 Å². The number of phenolic OH excluding ortho intramolecular Hbond substituents is 2. The van der Waals surface area contributed by atoms with Gasteiger partial charge in [-0.3, -0.25) is 0 Å². The molecule has 2 N–H and O–H groups in total. The number of phenols is 2. The molecule has 0 aliphatic rings. The summed E-state index contributed by atoms with van der Waals surface area (Å²) in [7, 11) is 0. The average molecular weight is 196 g/mol. The SMILES string of the molecule is CCOC(=O)c1c(O)cc(C)cc1O. The van der Waals surface area contributed by atoms with Gasteiger partial charge in [0.1, 0.15) is 17.1 Å². The third-order valence-electron chi connectivity index (χ3n) is 1.72. The Bertz CT molecular complexity index is 334. The van der Waals surface area contributed by atoms with Crippen LogP contribution in [0.1, 0.15) is 22.8 Å². The van der Waals surface area contributed by atoms with Crippen molar-refractivity contribution in [1.29, 1.82) is 0 Å². The van der Waals surface area contributed by atoms with Crippen LogP contribution in [-0.4, -0.2) is 22.8 Å². The Morgan fingerprint density at radius 1 is 1.36 bits per heavy atom. The molecule has 1 aromatic carbocycles. The number of ether oxygens (including phenoxy) is 1. The number of carbonyl (C=O) groups is 1. The topological polar surface area (TPSA) is 66.8 Å². The van der Waals surface area contributed by atoms with Crippen LogP contribution in [0.4, 0.5) is 0 Å². The molecule has 4 nitrogen and oxygen atoms in total. The number of esters is 1. The van der Waals surface area contributed by atoms with Crippen LogP contribution >= 0.6 is 0 Å². The van der Waals surface area contributed by atoms with Crippen molar-refractivity contribution in [3.63, 3.8) is 0 Å². The third kappa shape index (κ3) is 1.96. The first-order chi connectivity index (χ1) is 6.56. The number of aromatic hydroxyl groups is 2. The summed E-state index contributed by atoms with van der Waals surface area (Å²) in [5, 5.41) is 18.8. The van der Waals surface area contributed by atoms with Crippen molar-refractivity contribution < 1.29 is 19.7 Å². The summed E-state index contributed by atoms with van der Waals surface area (Å²) in [4.78, 5) is 11.3. The van der Waals surface area contributed by atoms with Crippen LogP contribution in [0, 0.1) is 6.92 Å². The van der Waals surface area contributed by atoms with Crippen LogP contribution in [0.5, 0.6) is 11.5 Å². The largest absolute Gasteiger partial charge is 0.507 e. The Morgan fingerprint density at radius 3 is 2.29 bits per heavy atom. The molecule has 0 atom stereocenters. The van der Waals surface area contributed by atoms with Crippen LogP contribution in [0.25, 0.3) is 0 Å². The second-order valence-electron chi connectivity index (χ2n) is 2.90. The maximum Gasteiger partial charge on any atom is 0.345 e. The summed E-state index contributed by atoms with van der Waals surface area (Å²) in [6, 6.07) is 2.79. The maximum absolute atomic E-state index is 11.3. The van der Waals surface area contributed by atoms with E-state index >= 15 is 0 Å². The highest BCUT2D eigenvalue weighted by atomic mass is 16.5. The molecule has 4 heteroatoms. The molecule has 14 heavy (non-hydrogen) atoms. The van der Waals surface area contributed by atoms with Crippen molar-refractivity contribution in [3.8, 4) is 11.5 Å². The van der Waals surface area contributed by atoms with Gasteiger partial charge in [0.2, 0.25) is 0 Å². The minimum absolute atomic E-state index is 0.183. The van der Waals surface area contributed by atoms with Crippen molar-refractivity contribution in [1.82, 2.24) is 0 Å². The van der Waals surface area contributed by atoms with E-state index < -0.39 is 5.97 Å². The molecule has 0 fully saturated rings. The summed E-state index contributed by atoms with van der Waals surface area (Å²) in [5.74, 6) is -1.25. The number of benzene rings is 1. The lowest BCUT2D eigenvalue weighted by Crippen LogP contribution is -2.05. The lowest BCUT2D eigenvalue weighted by atomic mass is 10.1. The van der Waals surface area contributed by atoms with Crippen molar-refractivity contribution >= 4 is 5.97 Å². The van der Waals surface area contributed by atoms with Gasteiger partial charge in [-0.2, -0.15) is 0 Å². The normalized spacial score (nSPS) is 9.86. The maximum atomic E-state index is 11.3. The summed E-state index contributed by atoms with van der Waals surface area (Å²) in [6.45, 7) is 3.56. The Kier molecular flexibility index (Phi) is 2.96. The third-order valence-corrected chi connectivity index (χ3v) is 1.72. The van der Waals surface area contributed by atoms with Gasteiger partial charge in [0, 0.05) is 0 Å². The number of carbonyl (C=O) groups excluding carboxylic acids is 1. The molecule has 0 spiro atoms. The minimum Gasteiger partial charge on any atom is -0.507 e. The Morgan fingerprint density at radius 2 is 1.86 bits per heavy atom.